The zero-order chi connectivity index (χ0) is 22.7. The van der Waals surface area contributed by atoms with E-state index in [0.29, 0.717) is 29.2 Å². The Labute approximate surface area is 178 Å². The number of hydrogen-bond acceptors (Lipinski definition) is 7. The molecule has 4 N–H and O–H groups in total. The molecule has 0 saturated carbocycles. The Morgan fingerprint density at radius 2 is 1.87 bits per heavy atom. The topological polar surface area (TPSA) is 152 Å². The van der Waals surface area contributed by atoms with Crippen LogP contribution in [0.15, 0.2) is 47.6 Å². The molecular weight excluding hydrogens is 400 g/mol. The van der Waals surface area contributed by atoms with Gasteiger partial charge in [-0.15, -0.1) is 0 Å². The fourth-order valence-corrected chi connectivity index (χ4v) is 3.15. The van der Waals surface area contributed by atoms with Gasteiger partial charge in [0.25, 0.3) is 0 Å². The number of benzene rings is 2. The lowest BCUT2D eigenvalue weighted by atomic mass is 10.1. The molecule has 10 nitrogen and oxygen atoms in total. The molecule has 0 radical (unpaired) electrons. The molecule has 10 heteroatoms. The SMILES string of the molecule is Cc1nn(Cc2ccc(C(=O)O/N=C(\N)c3cccc(N)c3C)cc2)c(C)c1[N+](=O)[O-]. The number of aromatic nitrogens is 2. The molecule has 1 heterocycles. The lowest BCUT2D eigenvalue weighted by Crippen LogP contribution is -2.17. The fourth-order valence-electron chi connectivity index (χ4n) is 3.15. The Bertz CT molecular complexity index is 1180. The predicted octanol–water partition coefficient (Wildman–Crippen LogP) is 2.82. The van der Waals surface area contributed by atoms with Crippen molar-refractivity contribution in [3.05, 3.63) is 86.2 Å². The van der Waals surface area contributed by atoms with Crippen LogP contribution in [-0.4, -0.2) is 26.5 Å². The van der Waals surface area contributed by atoms with Gasteiger partial charge in [-0.25, -0.2) is 4.79 Å². The van der Waals surface area contributed by atoms with Gasteiger partial charge in [-0.3, -0.25) is 14.8 Å². The molecule has 0 spiro atoms. The molecule has 0 bridgehead atoms. The van der Waals surface area contributed by atoms with Crippen LogP contribution < -0.4 is 11.5 Å². The first kappa shape index (κ1) is 21.5. The van der Waals surface area contributed by atoms with E-state index in [1.54, 1.807) is 67.9 Å². The van der Waals surface area contributed by atoms with Crippen molar-refractivity contribution < 1.29 is 14.6 Å². The van der Waals surface area contributed by atoms with Crippen molar-refractivity contribution in [2.75, 3.05) is 5.73 Å². The van der Waals surface area contributed by atoms with E-state index in [-0.39, 0.29) is 17.1 Å². The molecule has 0 aliphatic rings. The maximum absolute atomic E-state index is 12.3. The summed E-state index contributed by atoms with van der Waals surface area (Å²) in [5.41, 5.74) is 15.6. The molecule has 0 saturated heterocycles. The highest BCUT2D eigenvalue weighted by molar-refractivity contribution is 6.00. The maximum Gasteiger partial charge on any atom is 0.365 e. The molecule has 0 fully saturated rings. The number of hydrogen-bond donors (Lipinski definition) is 2. The normalized spacial score (nSPS) is 11.4. The summed E-state index contributed by atoms with van der Waals surface area (Å²) >= 11 is 0. The Morgan fingerprint density at radius 3 is 2.48 bits per heavy atom. The molecule has 31 heavy (non-hydrogen) atoms. The summed E-state index contributed by atoms with van der Waals surface area (Å²) in [5, 5.41) is 19.1. The van der Waals surface area contributed by atoms with Crippen LogP contribution >= 0.6 is 0 Å². The van der Waals surface area contributed by atoms with Crippen LogP contribution in [0.5, 0.6) is 0 Å². The van der Waals surface area contributed by atoms with Crippen molar-refractivity contribution in [3.63, 3.8) is 0 Å². The minimum Gasteiger partial charge on any atom is -0.398 e. The van der Waals surface area contributed by atoms with Crippen molar-refractivity contribution in [1.82, 2.24) is 9.78 Å². The van der Waals surface area contributed by atoms with Gasteiger partial charge in [0.05, 0.1) is 17.0 Å². The fraction of sp³-hybridized carbons (Fsp3) is 0.190. The lowest BCUT2D eigenvalue weighted by molar-refractivity contribution is -0.386. The van der Waals surface area contributed by atoms with Crippen molar-refractivity contribution in [2.24, 2.45) is 10.9 Å². The van der Waals surface area contributed by atoms with E-state index >= 15 is 0 Å². The number of nitrogens with zero attached hydrogens (tertiary/aromatic N) is 4. The van der Waals surface area contributed by atoms with Crippen molar-refractivity contribution >= 4 is 23.2 Å². The quantitative estimate of drug-likeness (QED) is 0.155. The number of rotatable bonds is 6. The molecule has 0 aliphatic carbocycles. The molecule has 0 amide bonds. The number of carbonyl (C=O) groups is 1. The zero-order valence-electron chi connectivity index (χ0n) is 17.3. The number of oxime groups is 1. The molecule has 0 atom stereocenters. The first-order valence-electron chi connectivity index (χ1n) is 9.36. The minimum absolute atomic E-state index is 0.00561. The highest BCUT2D eigenvalue weighted by atomic mass is 16.7. The van der Waals surface area contributed by atoms with Crippen molar-refractivity contribution in [2.45, 2.75) is 27.3 Å². The summed E-state index contributed by atoms with van der Waals surface area (Å²) in [4.78, 5) is 27.9. The van der Waals surface area contributed by atoms with Gasteiger partial charge in [0.15, 0.2) is 5.84 Å². The van der Waals surface area contributed by atoms with Crippen molar-refractivity contribution in [1.29, 1.82) is 0 Å². The number of carbonyl (C=O) groups excluding carboxylic acids is 1. The van der Waals surface area contributed by atoms with E-state index in [1.165, 1.54) is 0 Å². The number of amidine groups is 1. The zero-order valence-corrected chi connectivity index (χ0v) is 17.3. The van der Waals surface area contributed by atoms with Gasteiger partial charge in [-0.2, -0.15) is 5.10 Å². The van der Waals surface area contributed by atoms with E-state index < -0.39 is 10.9 Å². The molecular formula is C21H22N6O4. The largest absolute Gasteiger partial charge is 0.398 e. The highest BCUT2D eigenvalue weighted by Gasteiger charge is 2.21. The smallest absolute Gasteiger partial charge is 0.365 e. The van der Waals surface area contributed by atoms with Crippen LogP contribution in [0, 0.1) is 30.9 Å². The van der Waals surface area contributed by atoms with Gasteiger partial charge in [-0.05, 0) is 50.1 Å². The van der Waals surface area contributed by atoms with Gasteiger partial charge in [0.1, 0.15) is 11.4 Å². The third-order valence-corrected chi connectivity index (χ3v) is 4.93. The van der Waals surface area contributed by atoms with Crippen LogP contribution in [0.2, 0.25) is 0 Å². The number of nitrogens with two attached hydrogens (primary N) is 2. The predicted molar refractivity (Wildman–Crippen MR) is 116 cm³/mol. The third-order valence-electron chi connectivity index (χ3n) is 4.93. The first-order chi connectivity index (χ1) is 14.7. The summed E-state index contributed by atoms with van der Waals surface area (Å²) in [5.74, 6) is -0.626. The molecule has 160 valence electrons. The average molecular weight is 422 g/mol. The standard InChI is InChI=1S/C21H22N6O4/c1-12-17(5-4-6-18(12)22)20(23)25-31-21(28)16-9-7-15(8-10-16)11-26-14(3)19(27(29)30)13(2)24-26/h4-10H,11,22H2,1-3H3,(H2,23,25). The average Bonchev–Trinajstić information content (AvgIpc) is 3.01. The first-order valence-corrected chi connectivity index (χ1v) is 9.36. The summed E-state index contributed by atoms with van der Waals surface area (Å²) in [6.45, 7) is 5.37. The monoisotopic (exact) mass is 422 g/mol. The molecule has 0 unspecified atom stereocenters. The molecule has 3 rings (SSSR count). The Hall–Kier alpha value is -4.21. The van der Waals surface area contributed by atoms with Gasteiger partial charge in [-0.1, -0.05) is 29.4 Å². The summed E-state index contributed by atoms with van der Waals surface area (Å²) < 4.78 is 1.56. The summed E-state index contributed by atoms with van der Waals surface area (Å²) in [7, 11) is 0. The number of anilines is 1. The summed E-state index contributed by atoms with van der Waals surface area (Å²) in [6.07, 6.45) is 0. The van der Waals surface area contributed by atoms with E-state index in [1.807, 2.05) is 0 Å². The van der Waals surface area contributed by atoms with E-state index in [2.05, 4.69) is 10.3 Å². The van der Waals surface area contributed by atoms with Crippen LogP contribution in [0.4, 0.5) is 11.4 Å². The second kappa shape index (κ2) is 8.66. The van der Waals surface area contributed by atoms with Gasteiger partial charge < -0.3 is 16.3 Å². The second-order valence-corrected chi connectivity index (χ2v) is 7.01. The van der Waals surface area contributed by atoms with Crippen LogP contribution in [0.1, 0.15) is 38.4 Å². The van der Waals surface area contributed by atoms with Crippen LogP contribution in [-0.2, 0) is 11.4 Å². The lowest BCUT2D eigenvalue weighted by Gasteiger charge is -2.07. The highest BCUT2D eigenvalue weighted by Crippen LogP contribution is 2.22. The Morgan fingerprint density at radius 1 is 1.19 bits per heavy atom. The Balaban J connectivity index is 1.70. The molecule has 1 aromatic heterocycles. The van der Waals surface area contributed by atoms with E-state index in [4.69, 9.17) is 16.3 Å². The van der Waals surface area contributed by atoms with Crippen molar-refractivity contribution in [3.8, 4) is 0 Å². The molecule has 0 aliphatic heterocycles. The number of nitrogen functional groups attached to an aromatic ring is 1. The van der Waals surface area contributed by atoms with Gasteiger partial charge in [0.2, 0.25) is 0 Å². The second-order valence-electron chi connectivity index (χ2n) is 7.01. The van der Waals surface area contributed by atoms with Gasteiger partial charge in [0, 0.05) is 11.3 Å². The van der Waals surface area contributed by atoms with E-state index in [0.717, 1.165) is 11.1 Å². The van der Waals surface area contributed by atoms with Crippen LogP contribution in [0.3, 0.4) is 0 Å². The minimum atomic E-state index is -0.669. The number of nitro groups is 1. The molecule has 2 aromatic carbocycles. The summed E-state index contributed by atoms with van der Waals surface area (Å²) in [6, 6.07) is 11.8. The van der Waals surface area contributed by atoms with Gasteiger partial charge >= 0.3 is 11.7 Å². The maximum atomic E-state index is 12.3. The molecule has 3 aromatic rings. The van der Waals surface area contributed by atoms with Crippen LogP contribution in [0.25, 0.3) is 0 Å². The van der Waals surface area contributed by atoms with E-state index in [9.17, 15) is 14.9 Å². The number of aryl methyl sites for hydroxylation is 1. The Kier molecular flexibility index (Phi) is 6.00. The third kappa shape index (κ3) is 4.53.